The molecule has 0 aliphatic carbocycles. The molecule has 25 heavy (non-hydrogen) atoms. The van der Waals surface area contributed by atoms with Crippen molar-refractivity contribution < 1.29 is 32.6 Å². The minimum absolute atomic E-state index is 0.0251. The maximum absolute atomic E-state index is 13.2. The van der Waals surface area contributed by atoms with Crippen LogP contribution in [0.3, 0.4) is 0 Å². The third-order valence-electron chi connectivity index (χ3n) is 3.33. The molecule has 1 rings (SSSR count). The molecule has 1 amide bonds. The molecule has 0 radical (unpaired) electrons. The first-order valence-corrected chi connectivity index (χ1v) is 10.5. The molecule has 0 fully saturated rings. The molecule has 0 saturated heterocycles. The molecule has 0 aliphatic heterocycles. The molecule has 0 spiro atoms. The van der Waals surface area contributed by atoms with E-state index >= 15 is 0 Å². The standard InChI is InChI=1S/C14H23BrNO7PS/c1-6-23-14(17)16(9-12(19-2)20-3)13(24(18,21-4)22-5)10-7-8-11(15)25-10/h7-8,12-13H,6,9H2,1-5H3. The molecule has 144 valence electrons. The number of rotatable bonds is 10. The van der Waals surface area contributed by atoms with E-state index in [0.29, 0.717) is 4.88 Å². The number of carbonyl (C=O) groups is 1. The maximum atomic E-state index is 13.2. The zero-order chi connectivity index (χ0) is 19.0. The highest BCUT2D eigenvalue weighted by Crippen LogP contribution is 2.62. The number of nitrogens with zero attached hydrogens (tertiary/aromatic N) is 1. The van der Waals surface area contributed by atoms with Crippen molar-refractivity contribution in [3.05, 3.63) is 20.8 Å². The third-order valence-corrected chi connectivity index (χ3v) is 7.35. The Morgan fingerprint density at radius 3 is 2.24 bits per heavy atom. The summed E-state index contributed by atoms with van der Waals surface area (Å²) in [6.45, 7) is 1.82. The predicted octanol–water partition coefficient (Wildman–Crippen LogP) is 4.07. The Kier molecular flexibility index (Phi) is 9.58. The molecule has 1 aromatic rings. The molecular formula is C14H23BrNO7PS. The minimum atomic E-state index is -3.71. The van der Waals surface area contributed by atoms with Gasteiger partial charge in [0.15, 0.2) is 12.1 Å². The van der Waals surface area contributed by atoms with Gasteiger partial charge in [-0.2, -0.15) is 0 Å². The number of amides is 1. The summed E-state index contributed by atoms with van der Waals surface area (Å²) in [7, 11) is 1.73. The molecule has 0 saturated carbocycles. The predicted molar refractivity (Wildman–Crippen MR) is 97.9 cm³/mol. The lowest BCUT2D eigenvalue weighted by Crippen LogP contribution is -2.42. The van der Waals surface area contributed by atoms with Gasteiger partial charge in [-0.1, -0.05) is 0 Å². The van der Waals surface area contributed by atoms with E-state index in [1.54, 1.807) is 19.1 Å². The fraction of sp³-hybridized carbons (Fsp3) is 0.643. The minimum Gasteiger partial charge on any atom is -0.450 e. The summed E-state index contributed by atoms with van der Waals surface area (Å²) >= 11 is 4.68. The van der Waals surface area contributed by atoms with E-state index in [1.807, 2.05) is 0 Å². The van der Waals surface area contributed by atoms with E-state index in [2.05, 4.69) is 15.9 Å². The van der Waals surface area contributed by atoms with Gasteiger partial charge in [0.2, 0.25) is 0 Å². The van der Waals surface area contributed by atoms with E-state index in [9.17, 15) is 9.36 Å². The largest absolute Gasteiger partial charge is 0.450 e. The smallest absolute Gasteiger partial charge is 0.411 e. The summed E-state index contributed by atoms with van der Waals surface area (Å²) < 4.78 is 39.8. The van der Waals surface area contributed by atoms with E-state index in [1.165, 1.54) is 44.7 Å². The van der Waals surface area contributed by atoms with Crippen LogP contribution in [-0.4, -0.2) is 58.9 Å². The van der Waals surface area contributed by atoms with E-state index in [-0.39, 0.29) is 13.2 Å². The highest BCUT2D eigenvalue weighted by Gasteiger charge is 2.44. The maximum Gasteiger partial charge on any atom is 0.411 e. The van der Waals surface area contributed by atoms with Gasteiger partial charge in [0.25, 0.3) is 0 Å². The number of halogens is 1. The van der Waals surface area contributed by atoms with Crippen molar-refractivity contribution in [1.29, 1.82) is 0 Å². The first-order chi connectivity index (χ1) is 11.9. The van der Waals surface area contributed by atoms with Gasteiger partial charge in [-0.05, 0) is 35.0 Å². The lowest BCUT2D eigenvalue weighted by molar-refractivity contribution is -0.115. The number of ether oxygens (including phenoxy) is 3. The molecule has 0 N–H and O–H groups in total. The van der Waals surface area contributed by atoms with Crippen LogP contribution in [0.25, 0.3) is 0 Å². The third kappa shape index (κ3) is 5.75. The highest BCUT2D eigenvalue weighted by molar-refractivity contribution is 9.11. The molecule has 1 atom stereocenters. The average molecular weight is 460 g/mol. The summed E-state index contributed by atoms with van der Waals surface area (Å²) in [6, 6.07) is 3.53. The van der Waals surface area contributed by atoms with Crippen LogP contribution in [0.4, 0.5) is 4.79 Å². The summed E-state index contributed by atoms with van der Waals surface area (Å²) in [6.07, 6.45) is -1.41. The van der Waals surface area contributed by atoms with Crippen LogP contribution in [0, 0.1) is 0 Å². The molecule has 8 nitrogen and oxygen atoms in total. The number of methoxy groups -OCH3 is 2. The number of carbonyl (C=O) groups excluding carboxylic acids is 1. The molecule has 11 heteroatoms. The Labute approximate surface area is 160 Å². The summed E-state index contributed by atoms with van der Waals surface area (Å²) in [4.78, 5) is 14.4. The lowest BCUT2D eigenvalue weighted by atomic mass is 10.4. The average Bonchev–Trinajstić information content (AvgIpc) is 3.03. The SMILES string of the molecule is CCOC(=O)N(CC(OC)OC)C(c1ccc(Br)s1)P(=O)(OC)OC. The zero-order valence-corrected chi connectivity index (χ0v) is 18.1. The second-order valence-corrected chi connectivity index (χ2v) is 9.47. The van der Waals surface area contributed by atoms with Gasteiger partial charge in [-0.15, -0.1) is 11.3 Å². The fourth-order valence-electron chi connectivity index (χ4n) is 2.11. The van der Waals surface area contributed by atoms with Gasteiger partial charge in [-0.3, -0.25) is 9.46 Å². The first kappa shape index (κ1) is 22.6. The Morgan fingerprint density at radius 2 is 1.84 bits per heavy atom. The van der Waals surface area contributed by atoms with E-state index < -0.39 is 25.8 Å². The van der Waals surface area contributed by atoms with Gasteiger partial charge >= 0.3 is 13.7 Å². The van der Waals surface area contributed by atoms with Gasteiger partial charge in [0.05, 0.1) is 16.9 Å². The van der Waals surface area contributed by atoms with Crippen LogP contribution >= 0.6 is 34.9 Å². The quantitative estimate of drug-likeness (QED) is 0.385. The monoisotopic (exact) mass is 459 g/mol. The number of hydrogen-bond donors (Lipinski definition) is 0. The second kappa shape index (κ2) is 10.6. The van der Waals surface area contributed by atoms with Gasteiger partial charge < -0.3 is 23.3 Å². The van der Waals surface area contributed by atoms with Crippen molar-refractivity contribution in [2.45, 2.75) is 19.0 Å². The highest BCUT2D eigenvalue weighted by atomic mass is 79.9. The van der Waals surface area contributed by atoms with Crippen molar-refractivity contribution in [3.8, 4) is 0 Å². The topological polar surface area (TPSA) is 83.5 Å². The van der Waals surface area contributed by atoms with Gasteiger partial charge in [0.1, 0.15) is 0 Å². The Hall–Kier alpha value is -0.480. The van der Waals surface area contributed by atoms with Crippen LogP contribution in [0.15, 0.2) is 15.9 Å². The van der Waals surface area contributed by atoms with Crippen molar-refractivity contribution in [1.82, 2.24) is 4.90 Å². The van der Waals surface area contributed by atoms with Crippen molar-refractivity contribution >= 4 is 41.0 Å². The molecule has 1 heterocycles. The molecular weight excluding hydrogens is 437 g/mol. The second-order valence-electron chi connectivity index (χ2n) is 4.67. The Bertz CT molecular complexity index is 587. The molecule has 0 bridgehead atoms. The number of thiophene rings is 1. The van der Waals surface area contributed by atoms with Crippen LogP contribution in [0.1, 0.15) is 17.6 Å². The molecule has 0 aliphatic rings. The van der Waals surface area contributed by atoms with Crippen LogP contribution in [0.2, 0.25) is 0 Å². The van der Waals surface area contributed by atoms with Crippen LogP contribution < -0.4 is 0 Å². The van der Waals surface area contributed by atoms with Crippen molar-refractivity contribution in [3.63, 3.8) is 0 Å². The number of hydrogen-bond acceptors (Lipinski definition) is 8. The fourth-order valence-corrected chi connectivity index (χ4v) is 5.55. The summed E-state index contributed by atoms with van der Waals surface area (Å²) in [5.74, 6) is -1.01. The summed E-state index contributed by atoms with van der Waals surface area (Å²) in [5, 5.41) is 0. The van der Waals surface area contributed by atoms with Crippen molar-refractivity contribution in [2.24, 2.45) is 0 Å². The van der Waals surface area contributed by atoms with Crippen LogP contribution in [0.5, 0.6) is 0 Å². The normalized spacial score (nSPS) is 13.1. The van der Waals surface area contributed by atoms with Crippen molar-refractivity contribution in [2.75, 3.05) is 41.6 Å². The van der Waals surface area contributed by atoms with Gasteiger partial charge in [-0.25, -0.2) is 4.79 Å². The summed E-state index contributed by atoms with van der Waals surface area (Å²) in [5.41, 5.74) is 0. The lowest BCUT2D eigenvalue weighted by Gasteiger charge is -2.34. The zero-order valence-electron chi connectivity index (χ0n) is 14.8. The van der Waals surface area contributed by atoms with Crippen LogP contribution in [-0.2, 0) is 27.8 Å². The van der Waals surface area contributed by atoms with E-state index in [0.717, 1.165) is 3.79 Å². The Balaban J connectivity index is 3.40. The molecule has 1 unspecified atom stereocenters. The molecule has 1 aromatic heterocycles. The van der Waals surface area contributed by atoms with Gasteiger partial charge in [0, 0.05) is 33.3 Å². The molecule has 0 aromatic carbocycles. The van der Waals surface area contributed by atoms with E-state index in [4.69, 9.17) is 23.3 Å². The Morgan fingerprint density at radius 1 is 1.24 bits per heavy atom. The first-order valence-electron chi connectivity index (χ1n) is 7.32.